The molecule has 108 valence electrons. The predicted octanol–water partition coefficient (Wildman–Crippen LogP) is 3.15. The lowest BCUT2D eigenvalue weighted by Gasteiger charge is -2.41. The maximum Gasteiger partial charge on any atom is 0.0935 e. The van der Waals surface area contributed by atoms with Crippen molar-refractivity contribution in [2.45, 2.75) is 83.7 Å². The van der Waals surface area contributed by atoms with Crippen LogP contribution in [0.15, 0.2) is 0 Å². The van der Waals surface area contributed by atoms with E-state index in [4.69, 9.17) is 9.47 Å². The summed E-state index contributed by atoms with van der Waals surface area (Å²) >= 11 is 0. The fourth-order valence-corrected chi connectivity index (χ4v) is 3.54. The van der Waals surface area contributed by atoms with E-state index in [-0.39, 0.29) is 17.1 Å². The lowest BCUT2D eigenvalue weighted by atomic mass is 9.74. The predicted molar refractivity (Wildman–Crippen MR) is 73.7 cm³/mol. The molecule has 1 rings (SSSR count). The Morgan fingerprint density at radius 3 is 2.06 bits per heavy atom. The third-order valence-electron chi connectivity index (χ3n) is 4.67. The molecule has 0 aromatic heterocycles. The van der Waals surface area contributed by atoms with Crippen LogP contribution in [0.1, 0.15) is 60.8 Å². The quantitative estimate of drug-likeness (QED) is 0.823. The summed E-state index contributed by atoms with van der Waals surface area (Å²) in [6.07, 6.45) is 2.00. The van der Waals surface area contributed by atoms with Crippen molar-refractivity contribution in [3.8, 4) is 0 Å². The second-order valence-corrected chi connectivity index (χ2v) is 6.70. The topological polar surface area (TPSA) is 38.7 Å². The summed E-state index contributed by atoms with van der Waals surface area (Å²) in [5.74, 6) is 0.104. The first-order valence-electron chi connectivity index (χ1n) is 7.07. The van der Waals surface area contributed by atoms with Crippen molar-refractivity contribution >= 4 is 0 Å². The van der Waals surface area contributed by atoms with Crippen molar-refractivity contribution < 1.29 is 14.6 Å². The maximum absolute atomic E-state index is 10.8. The van der Waals surface area contributed by atoms with Crippen LogP contribution in [0, 0.1) is 5.92 Å². The Kier molecular flexibility index (Phi) is 4.52. The molecule has 3 nitrogen and oxygen atoms in total. The molecule has 2 unspecified atom stereocenters. The van der Waals surface area contributed by atoms with Gasteiger partial charge in [0.15, 0.2) is 0 Å². The fraction of sp³-hybridized carbons (Fsp3) is 1.00. The number of rotatable bonds is 5. The minimum Gasteiger partial charge on any atom is -0.390 e. The Morgan fingerprint density at radius 1 is 1.28 bits per heavy atom. The molecule has 0 radical (unpaired) electrons. The second-order valence-electron chi connectivity index (χ2n) is 6.70. The van der Waals surface area contributed by atoms with Gasteiger partial charge in [0.05, 0.1) is 22.9 Å². The summed E-state index contributed by atoms with van der Waals surface area (Å²) in [4.78, 5) is 0. The van der Waals surface area contributed by atoms with E-state index in [2.05, 4.69) is 41.5 Å². The van der Waals surface area contributed by atoms with E-state index >= 15 is 0 Å². The summed E-state index contributed by atoms with van der Waals surface area (Å²) in [6.45, 7) is 12.5. The lowest BCUT2D eigenvalue weighted by Crippen LogP contribution is -2.51. The molecule has 0 bridgehead atoms. The van der Waals surface area contributed by atoms with Crippen LogP contribution in [0.5, 0.6) is 0 Å². The molecule has 1 fully saturated rings. The van der Waals surface area contributed by atoms with Crippen LogP contribution in [0.3, 0.4) is 0 Å². The van der Waals surface area contributed by atoms with Crippen molar-refractivity contribution in [2.24, 2.45) is 5.92 Å². The molecule has 3 heteroatoms. The largest absolute Gasteiger partial charge is 0.390 e. The van der Waals surface area contributed by atoms with Gasteiger partial charge in [-0.25, -0.2) is 0 Å². The molecule has 1 heterocycles. The van der Waals surface area contributed by atoms with Crippen molar-refractivity contribution in [2.75, 3.05) is 7.11 Å². The first kappa shape index (κ1) is 15.9. The van der Waals surface area contributed by atoms with Crippen LogP contribution in [-0.2, 0) is 9.47 Å². The van der Waals surface area contributed by atoms with E-state index in [1.807, 2.05) is 0 Å². The minimum atomic E-state index is -0.491. The fourth-order valence-electron chi connectivity index (χ4n) is 3.54. The van der Waals surface area contributed by atoms with Gasteiger partial charge in [0.2, 0.25) is 0 Å². The Hall–Kier alpha value is -0.120. The molecule has 0 aromatic rings. The lowest BCUT2D eigenvalue weighted by molar-refractivity contribution is -0.154. The highest BCUT2D eigenvalue weighted by Gasteiger charge is 2.53. The highest BCUT2D eigenvalue weighted by atomic mass is 16.5. The molecule has 1 N–H and O–H groups in total. The zero-order valence-electron chi connectivity index (χ0n) is 13.0. The third-order valence-corrected chi connectivity index (χ3v) is 4.67. The molecule has 1 aliphatic rings. The van der Waals surface area contributed by atoms with Crippen LogP contribution >= 0.6 is 0 Å². The van der Waals surface area contributed by atoms with Crippen LogP contribution in [0.4, 0.5) is 0 Å². The number of ether oxygens (including phenoxy) is 2. The van der Waals surface area contributed by atoms with Crippen LogP contribution in [0.25, 0.3) is 0 Å². The number of hydrogen-bond donors (Lipinski definition) is 1. The molecule has 0 aromatic carbocycles. The van der Waals surface area contributed by atoms with E-state index in [0.717, 1.165) is 19.3 Å². The van der Waals surface area contributed by atoms with Crippen LogP contribution in [-0.4, -0.2) is 35.1 Å². The second kappa shape index (κ2) is 5.10. The number of methoxy groups -OCH3 is 1. The van der Waals surface area contributed by atoms with Gasteiger partial charge in [-0.05, 0) is 47.0 Å². The van der Waals surface area contributed by atoms with Crippen molar-refractivity contribution in [1.82, 2.24) is 0 Å². The average molecular weight is 258 g/mol. The highest BCUT2D eigenvalue weighted by Crippen LogP contribution is 2.47. The summed E-state index contributed by atoms with van der Waals surface area (Å²) in [5, 5.41) is 10.8. The minimum absolute atomic E-state index is 0.104. The molecule has 0 saturated carbocycles. The molecular formula is C15H30O3. The molecule has 0 spiro atoms. The first-order valence-corrected chi connectivity index (χ1v) is 7.07. The van der Waals surface area contributed by atoms with Crippen LogP contribution < -0.4 is 0 Å². The van der Waals surface area contributed by atoms with Crippen molar-refractivity contribution in [3.05, 3.63) is 0 Å². The highest BCUT2D eigenvalue weighted by molar-refractivity contribution is 5.03. The van der Waals surface area contributed by atoms with Gasteiger partial charge in [-0.2, -0.15) is 0 Å². The van der Waals surface area contributed by atoms with Gasteiger partial charge in [0.25, 0.3) is 0 Å². The Labute approximate surface area is 112 Å². The Bertz CT molecular complexity index is 271. The van der Waals surface area contributed by atoms with Gasteiger partial charge in [-0.3, -0.25) is 0 Å². The molecule has 18 heavy (non-hydrogen) atoms. The van der Waals surface area contributed by atoms with E-state index in [1.165, 1.54) is 0 Å². The maximum atomic E-state index is 10.8. The number of hydrogen-bond acceptors (Lipinski definition) is 3. The molecule has 0 aliphatic carbocycles. The monoisotopic (exact) mass is 258 g/mol. The summed E-state index contributed by atoms with van der Waals surface area (Å²) in [6, 6.07) is 0. The van der Waals surface area contributed by atoms with Gasteiger partial charge in [0.1, 0.15) is 0 Å². The third kappa shape index (κ3) is 2.73. The average Bonchev–Trinajstić information content (AvgIpc) is 2.49. The zero-order valence-corrected chi connectivity index (χ0v) is 13.0. The summed E-state index contributed by atoms with van der Waals surface area (Å²) in [7, 11) is 1.70. The van der Waals surface area contributed by atoms with Gasteiger partial charge in [-0.15, -0.1) is 0 Å². The Morgan fingerprint density at radius 2 is 1.78 bits per heavy atom. The van der Waals surface area contributed by atoms with E-state index < -0.39 is 11.7 Å². The van der Waals surface area contributed by atoms with Crippen molar-refractivity contribution in [3.63, 3.8) is 0 Å². The van der Waals surface area contributed by atoms with E-state index in [0.29, 0.717) is 0 Å². The van der Waals surface area contributed by atoms with E-state index in [1.54, 1.807) is 7.11 Å². The normalized spacial score (nSPS) is 28.3. The smallest absolute Gasteiger partial charge is 0.0935 e. The molecule has 2 atom stereocenters. The van der Waals surface area contributed by atoms with Crippen LogP contribution in [0.2, 0.25) is 0 Å². The summed E-state index contributed by atoms with van der Waals surface area (Å²) in [5.41, 5.74) is -0.932. The zero-order chi connectivity index (χ0) is 14.2. The summed E-state index contributed by atoms with van der Waals surface area (Å²) < 4.78 is 11.7. The van der Waals surface area contributed by atoms with Gasteiger partial charge in [-0.1, -0.05) is 13.8 Å². The molecule has 0 amide bonds. The standard InChI is InChI=1S/C15H30O3/c1-8-15(9-2,17-7)12(16)11-10-13(3,4)18-14(11,5)6/h11-12,16H,8-10H2,1-7H3. The van der Waals surface area contributed by atoms with Gasteiger partial charge >= 0.3 is 0 Å². The van der Waals surface area contributed by atoms with E-state index in [9.17, 15) is 5.11 Å². The molecular weight excluding hydrogens is 228 g/mol. The number of aliphatic hydroxyl groups excluding tert-OH is 1. The van der Waals surface area contributed by atoms with Gasteiger partial charge in [0, 0.05) is 13.0 Å². The SMILES string of the molecule is CCC(CC)(OC)C(O)C1CC(C)(C)OC1(C)C. The van der Waals surface area contributed by atoms with Gasteiger partial charge < -0.3 is 14.6 Å². The molecule has 1 aliphatic heterocycles. The van der Waals surface area contributed by atoms with Crippen molar-refractivity contribution in [1.29, 1.82) is 0 Å². The molecule has 1 saturated heterocycles. The Balaban J connectivity index is 2.99. The first-order chi connectivity index (χ1) is 8.14. The number of aliphatic hydroxyl groups is 1.